The number of nitriles is 1. The lowest BCUT2D eigenvalue weighted by Gasteiger charge is -2.27. The monoisotopic (exact) mass is 262 g/mol. The standard InChI is InChI=1S/C13H14N2O2S/c1-15-12(7-4-5-9-14)10-11-6-2-3-8-13(11)18(15,16)17/h2-3,6,8,10H,4-5,7H2,1H3. The molecule has 0 unspecified atom stereocenters. The maximum absolute atomic E-state index is 12.3. The molecule has 1 heterocycles. The molecule has 1 aromatic carbocycles. The van der Waals surface area contributed by atoms with Gasteiger partial charge in [0.25, 0.3) is 10.0 Å². The molecule has 0 aromatic heterocycles. The van der Waals surface area contributed by atoms with E-state index in [2.05, 4.69) is 6.07 Å². The largest absolute Gasteiger partial charge is 0.273 e. The summed E-state index contributed by atoms with van der Waals surface area (Å²) >= 11 is 0. The molecule has 0 aliphatic carbocycles. The van der Waals surface area contributed by atoms with Crippen LogP contribution in [0.25, 0.3) is 6.08 Å². The van der Waals surface area contributed by atoms with Crippen molar-refractivity contribution in [1.29, 1.82) is 5.26 Å². The van der Waals surface area contributed by atoms with Crippen molar-refractivity contribution in [1.82, 2.24) is 4.31 Å². The van der Waals surface area contributed by atoms with Crippen molar-refractivity contribution in [3.63, 3.8) is 0 Å². The summed E-state index contributed by atoms with van der Waals surface area (Å²) < 4.78 is 25.8. The number of fused-ring (bicyclic) bond motifs is 1. The molecule has 0 atom stereocenters. The van der Waals surface area contributed by atoms with Crippen LogP contribution in [0.1, 0.15) is 24.8 Å². The van der Waals surface area contributed by atoms with Crippen LogP contribution >= 0.6 is 0 Å². The SMILES string of the molecule is CN1C(CCCC#N)=Cc2ccccc2S1(=O)=O. The first kappa shape index (κ1) is 12.7. The highest BCUT2D eigenvalue weighted by Crippen LogP contribution is 2.31. The first-order valence-corrected chi connectivity index (χ1v) is 7.17. The molecule has 5 heteroatoms. The summed E-state index contributed by atoms with van der Waals surface area (Å²) in [5, 5.41) is 8.52. The molecule has 0 spiro atoms. The summed E-state index contributed by atoms with van der Waals surface area (Å²) in [7, 11) is -1.87. The van der Waals surface area contributed by atoms with Crippen LogP contribution in [0, 0.1) is 11.3 Å². The number of allylic oxidation sites excluding steroid dienone is 1. The van der Waals surface area contributed by atoms with E-state index in [-0.39, 0.29) is 0 Å². The number of unbranched alkanes of at least 4 members (excludes halogenated alkanes) is 1. The third kappa shape index (κ3) is 2.12. The Morgan fingerprint density at radius 1 is 1.33 bits per heavy atom. The number of nitrogens with zero attached hydrogens (tertiary/aromatic N) is 2. The molecule has 1 aliphatic rings. The molecule has 2 rings (SSSR count). The van der Waals surface area contributed by atoms with Crippen molar-refractivity contribution in [3.05, 3.63) is 35.5 Å². The van der Waals surface area contributed by atoms with Crippen LogP contribution in [0.4, 0.5) is 0 Å². The maximum atomic E-state index is 12.3. The third-order valence-electron chi connectivity index (χ3n) is 3.01. The summed E-state index contributed by atoms with van der Waals surface area (Å²) in [5.41, 5.74) is 1.46. The van der Waals surface area contributed by atoms with Gasteiger partial charge in [0.2, 0.25) is 0 Å². The lowest BCUT2D eigenvalue weighted by atomic mass is 10.1. The minimum atomic E-state index is -3.42. The van der Waals surface area contributed by atoms with Gasteiger partial charge in [-0.3, -0.25) is 4.31 Å². The summed E-state index contributed by atoms with van der Waals surface area (Å²) in [6.07, 6.45) is 3.59. The van der Waals surface area contributed by atoms with E-state index in [1.807, 2.05) is 12.1 Å². The van der Waals surface area contributed by atoms with Gasteiger partial charge in [-0.05, 0) is 30.5 Å². The number of hydrogen-bond acceptors (Lipinski definition) is 3. The Balaban J connectivity index is 2.40. The van der Waals surface area contributed by atoms with Crippen molar-refractivity contribution in [2.24, 2.45) is 0 Å². The normalized spacial score (nSPS) is 16.7. The fraction of sp³-hybridized carbons (Fsp3) is 0.308. The zero-order valence-corrected chi connectivity index (χ0v) is 10.9. The van der Waals surface area contributed by atoms with Gasteiger partial charge in [0, 0.05) is 19.2 Å². The van der Waals surface area contributed by atoms with Crippen LogP contribution in [-0.4, -0.2) is 19.8 Å². The molecule has 1 aliphatic heterocycles. The number of sulfonamides is 1. The van der Waals surface area contributed by atoms with E-state index in [0.717, 1.165) is 11.3 Å². The average Bonchev–Trinajstić information content (AvgIpc) is 2.36. The molecule has 0 fully saturated rings. The molecule has 0 N–H and O–H groups in total. The second kappa shape index (κ2) is 4.83. The van der Waals surface area contributed by atoms with E-state index >= 15 is 0 Å². The fourth-order valence-electron chi connectivity index (χ4n) is 1.99. The molecule has 0 saturated heterocycles. The van der Waals surface area contributed by atoms with Gasteiger partial charge in [0.15, 0.2) is 0 Å². The van der Waals surface area contributed by atoms with Crippen LogP contribution < -0.4 is 0 Å². The van der Waals surface area contributed by atoms with E-state index in [9.17, 15) is 8.42 Å². The Morgan fingerprint density at radius 3 is 2.78 bits per heavy atom. The van der Waals surface area contributed by atoms with Crippen molar-refractivity contribution in [2.45, 2.75) is 24.2 Å². The Bertz CT molecular complexity index is 627. The zero-order chi connectivity index (χ0) is 13.2. The number of benzene rings is 1. The van der Waals surface area contributed by atoms with E-state index in [0.29, 0.717) is 24.2 Å². The van der Waals surface area contributed by atoms with Gasteiger partial charge in [0.1, 0.15) is 0 Å². The average molecular weight is 262 g/mol. The van der Waals surface area contributed by atoms with Gasteiger partial charge in [-0.25, -0.2) is 8.42 Å². The van der Waals surface area contributed by atoms with Gasteiger partial charge in [-0.1, -0.05) is 18.2 Å². The highest BCUT2D eigenvalue weighted by atomic mass is 32.2. The van der Waals surface area contributed by atoms with Crippen LogP contribution in [0.5, 0.6) is 0 Å². The van der Waals surface area contributed by atoms with E-state index < -0.39 is 10.0 Å². The quantitative estimate of drug-likeness (QED) is 0.786. The van der Waals surface area contributed by atoms with E-state index in [1.165, 1.54) is 4.31 Å². The molecule has 0 bridgehead atoms. The smallest absolute Gasteiger partial charge is 0.264 e. The number of rotatable bonds is 3. The first-order valence-electron chi connectivity index (χ1n) is 5.73. The lowest BCUT2D eigenvalue weighted by Crippen LogP contribution is -2.29. The molecule has 0 amide bonds. The lowest BCUT2D eigenvalue weighted by molar-refractivity contribution is 0.508. The van der Waals surface area contributed by atoms with Crippen molar-refractivity contribution < 1.29 is 8.42 Å². The highest BCUT2D eigenvalue weighted by Gasteiger charge is 2.28. The molecular weight excluding hydrogens is 248 g/mol. The van der Waals surface area contributed by atoms with E-state index in [4.69, 9.17) is 5.26 Å². The van der Waals surface area contributed by atoms with Gasteiger partial charge >= 0.3 is 0 Å². The summed E-state index contributed by atoms with van der Waals surface area (Å²) in [5.74, 6) is 0. The highest BCUT2D eigenvalue weighted by molar-refractivity contribution is 7.89. The third-order valence-corrected chi connectivity index (χ3v) is 4.89. The number of hydrogen-bond donors (Lipinski definition) is 0. The minimum absolute atomic E-state index is 0.344. The molecule has 94 valence electrons. The van der Waals surface area contributed by atoms with Crippen molar-refractivity contribution >= 4 is 16.1 Å². The molecule has 1 aromatic rings. The fourth-order valence-corrected chi connectivity index (χ4v) is 3.41. The second-order valence-corrected chi connectivity index (χ2v) is 6.10. The summed E-state index contributed by atoms with van der Waals surface area (Å²) in [6, 6.07) is 9.02. The Labute approximate surface area is 107 Å². The molecule has 4 nitrogen and oxygen atoms in total. The molecular formula is C13H14N2O2S. The Morgan fingerprint density at radius 2 is 2.06 bits per heavy atom. The topological polar surface area (TPSA) is 61.2 Å². The van der Waals surface area contributed by atoms with E-state index in [1.54, 1.807) is 25.2 Å². The van der Waals surface area contributed by atoms with Crippen LogP contribution in [-0.2, 0) is 10.0 Å². The Hall–Kier alpha value is -1.80. The van der Waals surface area contributed by atoms with Gasteiger partial charge < -0.3 is 0 Å². The van der Waals surface area contributed by atoms with Crippen molar-refractivity contribution in [2.75, 3.05) is 7.05 Å². The maximum Gasteiger partial charge on any atom is 0.264 e. The van der Waals surface area contributed by atoms with Gasteiger partial charge in [-0.2, -0.15) is 5.26 Å². The van der Waals surface area contributed by atoms with Gasteiger partial charge in [0.05, 0.1) is 11.0 Å². The first-order chi connectivity index (χ1) is 8.57. The zero-order valence-electron chi connectivity index (χ0n) is 10.1. The predicted octanol–water partition coefficient (Wildman–Crippen LogP) is 2.36. The minimum Gasteiger partial charge on any atom is -0.273 e. The van der Waals surface area contributed by atoms with Gasteiger partial charge in [-0.15, -0.1) is 0 Å². The summed E-state index contributed by atoms with van der Waals surface area (Å²) in [6.45, 7) is 0. The molecule has 18 heavy (non-hydrogen) atoms. The molecule has 0 saturated carbocycles. The van der Waals surface area contributed by atoms with Crippen LogP contribution in [0.3, 0.4) is 0 Å². The predicted molar refractivity (Wildman–Crippen MR) is 68.8 cm³/mol. The van der Waals surface area contributed by atoms with Crippen LogP contribution in [0.2, 0.25) is 0 Å². The summed E-state index contributed by atoms with van der Waals surface area (Å²) in [4.78, 5) is 0.344. The second-order valence-electron chi connectivity index (χ2n) is 4.16. The Kier molecular flexibility index (Phi) is 3.39. The van der Waals surface area contributed by atoms with Crippen molar-refractivity contribution in [3.8, 4) is 6.07 Å². The molecule has 0 radical (unpaired) electrons. The van der Waals surface area contributed by atoms with Crippen LogP contribution in [0.15, 0.2) is 34.9 Å².